The zero-order valence-corrected chi connectivity index (χ0v) is 12.5. The van der Waals surface area contributed by atoms with E-state index in [1.54, 1.807) is 12.1 Å². The summed E-state index contributed by atoms with van der Waals surface area (Å²) >= 11 is 0. The van der Waals surface area contributed by atoms with E-state index in [1.807, 2.05) is 30.3 Å². The number of hydrogen-bond donors (Lipinski definition) is 2. The zero-order chi connectivity index (χ0) is 16.9. The summed E-state index contributed by atoms with van der Waals surface area (Å²) in [6.45, 7) is 0. The van der Waals surface area contributed by atoms with Crippen LogP contribution in [0, 0.1) is 11.6 Å². The lowest BCUT2D eigenvalue weighted by Gasteiger charge is -2.08. The Morgan fingerprint density at radius 3 is 2.38 bits per heavy atom. The minimum absolute atomic E-state index is 0.153. The molecule has 0 aliphatic carbocycles. The molecule has 4 nitrogen and oxygen atoms in total. The van der Waals surface area contributed by atoms with Crippen molar-refractivity contribution >= 4 is 23.0 Å². The first-order valence-electron chi connectivity index (χ1n) is 7.16. The molecule has 0 atom stereocenters. The van der Waals surface area contributed by atoms with Crippen LogP contribution in [0.4, 0.5) is 25.8 Å². The molecule has 1 amide bonds. The van der Waals surface area contributed by atoms with E-state index >= 15 is 0 Å². The molecule has 0 unspecified atom stereocenters. The number of halogens is 2. The molecule has 1 heterocycles. The molecule has 6 heteroatoms. The Morgan fingerprint density at radius 2 is 1.62 bits per heavy atom. The number of aromatic nitrogens is 1. The lowest BCUT2D eigenvalue weighted by Crippen LogP contribution is -2.14. The van der Waals surface area contributed by atoms with Gasteiger partial charge in [0.2, 0.25) is 0 Å². The van der Waals surface area contributed by atoms with Gasteiger partial charge in [-0.1, -0.05) is 18.2 Å². The van der Waals surface area contributed by atoms with Gasteiger partial charge in [0.25, 0.3) is 5.91 Å². The molecule has 1 aromatic heterocycles. The van der Waals surface area contributed by atoms with Crippen LogP contribution in [-0.2, 0) is 0 Å². The molecule has 3 aromatic rings. The van der Waals surface area contributed by atoms with Gasteiger partial charge in [-0.15, -0.1) is 0 Å². The molecular formula is C18H13F2N3O. The fourth-order valence-electron chi connectivity index (χ4n) is 2.09. The van der Waals surface area contributed by atoms with E-state index in [4.69, 9.17) is 0 Å². The molecule has 0 bridgehead atoms. The summed E-state index contributed by atoms with van der Waals surface area (Å²) in [5.41, 5.74) is 1.87. The van der Waals surface area contributed by atoms with Gasteiger partial charge in [0.05, 0.1) is 0 Å². The SMILES string of the molecule is O=C(Nc1ccc(F)c(F)c1)c1cc(Nc2ccccc2)ccn1. The van der Waals surface area contributed by atoms with Gasteiger partial charge in [0.1, 0.15) is 5.69 Å². The molecule has 0 saturated heterocycles. The molecule has 0 spiro atoms. The number of rotatable bonds is 4. The van der Waals surface area contributed by atoms with Gasteiger partial charge in [0, 0.05) is 29.3 Å². The maximum atomic E-state index is 13.2. The first-order chi connectivity index (χ1) is 11.6. The van der Waals surface area contributed by atoms with Gasteiger partial charge < -0.3 is 10.6 Å². The molecule has 0 saturated carbocycles. The fraction of sp³-hybridized carbons (Fsp3) is 0. The second-order valence-electron chi connectivity index (χ2n) is 5.00. The summed E-state index contributed by atoms with van der Waals surface area (Å²) in [5, 5.41) is 5.63. The van der Waals surface area contributed by atoms with Crippen molar-refractivity contribution in [2.24, 2.45) is 0 Å². The third-order valence-corrected chi connectivity index (χ3v) is 3.23. The van der Waals surface area contributed by atoms with E-state index in [2.05, 4.69) is 15.6 Å². The van der Waals surface area contributed by atoms with Crippen molar-refractivity contribution in [3.63, 3.8) is 0 Å². The van der Waals surface area contributed by atoms with Crippen molar-refractivity contribution in [1.29, 1.82) is 0 Å². The molecule has 0 radical (unpaired) electrons. The normalized spacial score (nSPS) is 10.2. The summed E-state index contributed by atoms with van der Waals surface area (Å²) in [6.07, 6.45) is 1.49. The second-order valence-corrected chi connectivity index (χ2v) is 5.00. The average Bonchev–Trinajstić information content (AvgIpc) is 2.59. The third kappa shape index (κ3) is 3.73. The highest BCUT2D eigenvalue weighted by molar-refractivity contribution is 6.03. The maximum absolute atomic E-state index is 13.2. The number of carbonyl (C=O) groups excluding carboxylic acids is 1. The highest BCUT2D eigenvalue weighted by Crippen LogP contribution is 2.18. The number of carbonyl (C=O) groups is 1. The van der Waals surface area contributed by atoms with Crippen LogP contribution in [0.25, 0.3) is 0 Å². The Kier molecular flexibility index (Phi) is 4.47. The number of hydrogen-bond acceptors (Lipinski definition) is 3. The molecule has 24 heavy (non-hydrogen) atoms. The van der Waals surface area contributed by atoms with E-state index < -0.39 is 17.5 Å². The Hall–Kier alpha value is -3.28. The van der Waals surface area contributed by atoms with Crippen LogP contribution in [0.15, 0.2) is 66.9 Å². The number of nitrogens with one attached hydrogen (secondary N) is 2. The van der Waals surface area contributed by atoms with E-state index in [0.29, 0.717) is 5.69 Å². The number of anilines is 3. The smallest absolute Gasteiger partial charge is 0.274 e. The maximum Gasteiger partial charge on any atom is 0.274 e. The predicted molar refractivity (Wildman–Crippen MR) is 88.3 cm³/mol. The van der Waals surface area contributed by atoms with Crippen molar-refractivity contribution in [2.45, 2.75) is 0 Å². The zero-order valence-electron chi connectivity index (χ0n) is 12.5. The molecular weight excluding hydrogens is 312 g/mol. The van der Waals surface area contributed by atoms with Gasteiger partial charge in [0.15, 0.2) is 11.6 Å². The lowest BCUT2D eigenvalue weighted by atomic mass is 10.2. The van der Waals surface area contributed by atoms with Crippen molar-refractivity contribution in [2.75, 3.05) is 10.6 Å². The van der Waals surface area contributed by atoms with Crippen molar-refractivity contribution in [3.05, 3.63) is 84.2 Å². The monoisotopic (exact) mass is 325 g/mol. The summed E-state index contributed by atoms with van der Waals surface area (Å²) < 4.78 is 26.1. The fourth-order valence-corrected chi connectivity index (χ4v) is 2.09. The largest absolute Gasteiger partial charge is 0.355 e. The van der Waals surface area contributed by atoms with Crippen LogP contribution < -0.4 is 10.6 Å². The van der Waals surface area contributed by atoms with Crippen molar-refractivity contribution in [1.82, 2.24) is 4.98 Å². The summed E-state index contributed by atoms with van der Waals surface area (Å²) in [4.78, 5) is 16.2. The second kappa shape index (κ2) is 6.87. The number of benzene rings is 2. The Morgan fingerprint density at radius 1 is 0.833 bits per heavy atom. The van der Waals surface area contributed by atoms with Gasteiger partial charge in [-0.05, 0) is 36.4 Å². The number of pyridine rings is 1. The molecule has 3 rings (SSSR count). The van der Waals surface area contributed by atoms with Gasteiger partial charge >= 0.3 is 0 Å². The predicted octanol–water partition coefficient (Wildman–Crippen LogP) is 4.36. The highest BCUT2D eigenvalue weighted by Gasteiger charge is 2.10. The van der Waals surface area contributed by atoms with E-state index in [-0.39, 0.29) is 11.4 Å². The minimum Gasteiger partial charge on any atom is -0.355 e. The van der Waals surface area contributed by atoms with Gasteiger partial charge in [-0.2, -0.15) is 0 Å². The Labute approximate surface area is 137 Å². The summed E-state index contributed by atoms with van der Waals surface area (Å²) in [7, 11) is 0. The van der Waals surface area contributed by atoms with Crippen LogP contribution >= 0.6 is 0 Å². The van der Waals surface area contributed by atoms with Crippen LogP contribution in [0.3, 0.4) is 0 Å². The Bertz CT molecular complexity index is 869. The number of amides is 1. The van der Waals surface area contributed by atoms with Crippen molar-refractivity contribution in [3.8, 4) is 0 Å². The van der Waals surface area contributed by atoms with E-state index in [1.165, 1.54) is 12.3 Å². The highest BCUT2D eigenvalue weighted by atomic mass is 19.2. The van der Waals surface area contributed by atoms with Crippen LogP contribution in [0.2, 0.25) is 0 Å². The van der Waals surface area contributed by atoms with E-state index in [9.17, 15) is 13.6 Å². The molecule has 0 aliphatic heterocycles. The topological polar surface area (TPSA) is 54.0 Å². The van der Waals surface area contributed by atoms with Crippen LogP contribution in [0.5, 0.6) is 0 Å². The van der Waals surface area contributed by atoms with Gasteiger partial charge in [-0.3, -0.25) is 9.78 Å². The molecule has 0 aliphatic rings. The Balaban J connectivity index is 1.75. The first-order valence-corrected chi connectivity index (χ1v) is 7.16. The molecule has 0 fully saturated rings. The summed E-state index contributed by atoms with van der Waals surface area (Å²) in [6, 6.07) is 15.9. The first kappa shape index (κ1) is 15.6. The number of para-hydroxylation sites is 1. The summed E-state index contributed by atoms with van der Waals surface area (Å²) in [5.74, 6) is -2.52. The van der Waals surface area contributed by atoms with Crippen LogP contribution in [-0.4, -0.2) is 10.9 Å². The quantitative estimate of drug-likeness (QED) is 0.749. The lowest BCUT2D eigenvalue weighted by molar-refractivity contribution is 0.102. The molecule has 120 valence electrons. The van der Waals surface area contributed by atoms with Crippen molar-refractivity contribution < 1.29 is 13.6 Å². The molecule has 2 aromatic carbocycles. The van der Waals surface area contributed by atoms with Gasteiger partial charge in [-0.25, -0.2) is 8.78 Å². The number of nitrogens with zero attached hydrogens (tertiary/aromatic N) is 1. The third-order valence-electron chi connectivity index (χ3n) is 3.23. The average molecular weight is 325 g/mol. The molecule has 2 N–H and O–H groups in total. The standard InChI is InChI=1S/C18H13F2N3O/c19-15-7-6-13(10-16(15)20)23-18(24)17-11-14(8-9-21-17)22-12-4-2-1-3-5-12/h1-11H,(H,21,22)(H,23,24). The van der Waals surface area contributed by atoms with Crippen LogP contribution in [0.1, 0.15) is 10.5 Å². The van der Waals surface area contributed by atoms with E-state index in [0.717, 1.165) is 17.8 Å². The minimum atomic E-state index is -1.03.